The molecule has 0 bridgehead atoms. The number of nitrogen functional groups attached to an aromatic ring is 1. The highest BCUT2D eigenvalue weighted by Gasteiger charge is 2.42. The van der Waals surface area contributed by atoms with Gasteiger partial charge in [-0.2, -0.15) is 8.62 Å². The molecule has 0 spiro atoms. The molecule has 23 heteroatoms. The van der Waals surface area contributed by atoms with Crippen molar-refractivity contribution in [2.24, 2.45) is 5.92 Å². The first kappa shape index (κ1) is 35.0. The number of ether oxygens (including phenoxy) is 1. The van der Waals surface area contributed by atoms with Crippen LogP contribution in [0.3, 0.4) is 0 Å². The Hall–Kier alpha value is -1.89. The molecule has 0 aromatic carbocycles. The number of nitrogens with zero attached hydrogens (tertiary/aromatic N) is 4. The van der Waals surface area contributed by atoms with Crippen molar-refractivity contribution in [2.75, 3.05) is 18.1 Å². The van der Waals surface area contributed by atoms with Crippen molar-refractivity contribution in [3.8, 4) is 0 Å². The summed E-state index contributed by atoms with van der Waals surface area (Å²) < 4.78 is 54.5. The zero-order chi connectivity index (χ0) is 32.1. The third-order valence-corrected chi connectivity index (χ3v) is 12.1. The van der Waals surface area contributed by atoms with Gasteiger partial charge < -0.3 is 39.9 Å². The Morgan fingerprint density at radius 3 is 2.64 bits per heavy atom. The van der Waals surface area contributed by atoms with E-state index < -0.39 is 42.4 Å². The topological polar surface area (TPSA) is 268 Å². The van der Waals surface area contributed by atoms with Gasteiger partial charge in [0.25, 0.3) is 0 Å². The van der Waals surface area contributed by atoms with Crippen molar-refractivity contribution in [3.63, 3.8) is 0 Å². The summed E-state index contributed by atoms with van der Waals surface area (Å²) in [5, 5.41) is 4.23. The molecule has 0 saturated carbocycles. The van der Waals surface area contributed by atoms with Gasteiger partial charge in [-0.3, -0.25) is 9.32 Å². The molecule has 5 atom stereocenters. The van der Waals surface area contributed by atoms with E-state index in [-0.39, 0.29) is 30.6 Å². The molecule has 0 radical (unpaired) electrons. The Balaban J connectivity index is 1.36. The van der Waals surface area contributed by atoms with Gasteiger partial charge in [0, 0.05) is 36.7 Å². The van der Waals surface area contributed by atoms with Crippen molar-refractivity contribution in [1.29, 1.82) is 0 Å². The number of nitrogens with one attached hydrogen (secondary N) is 1. The zero-order valence-corrected chi connectivity index (χ0v) is 27.1. The molecule has 0 aliphatic carbocycles. The van der Waals surface area contributed by atoms with Crippen LogP contribution >= 0.6 is 45.1 Å². The van der Waals surface area contributed by atoms with Crippen LogP contribution in [-0.2, 0) is 42.9 Å². The summed E-state index contributed by atoms with van der Waals surface area (Å²) >= 11 is 0. The van der Waals surface area contributed by atoms with Crippen molar-refractivity contribution in [2.45, 2.75) is 43.7 Å². The number of amides is 1. The molecule has 3 aromatic heterocycles. The predicted octanol–water partition coefficient (Wildman–Crippen LogP) is 3.12. The van der Waals surface area contributed by atoms with Gasteiger partial charge in [-0.15, -0.1) is 0 Å². The fourth-order valence-electron chi connectivity index (χ4n) is 4.17. The first-order valence-corrected chi connectivity index (χ1v) is 19.5. The summed E-state index contributed by atoms with van der Waals surface area (Å²) in [5.74, 6) is 0.312. The lowest BCUT2D eigenvalue weighted by Crippen LogP contribution is -2.23. The molecule has 242 valence electrons. The molecule has 18 nitrogen and oxygen atoms in total. The number of anilines is 1. The highest BCUT2D eigenvalue weighted by molar-refractivity contribution is 8.76. The molecule has 1 aliphatic heterocycles. The van der Waals surface area contributed by atoms with E-state index in [1.165, 1.54) is 27.9 Å². The van der Waals surface area contributed by atoms with Gasteiger partial charge in [0.2, 0.25) is 5.91 Å². The van der Waals surface area contributed by atoms with Crippen molar-refractivity contribution in [3.05, 3.63) is 42.5 Å². The predicted molar refractivity (Wildman–Crippen MR) is 158 cm³/mol. The van der Waals surface area contributed by atoms with Gasteiger partial charge in [-0.1, -0.05) is 23.8 Å². The average molecular weight is 715 g/mol. The normalized spacial score (nSPS) is 21.6. The number of phosphoric ester groups is 1. The van der Waals surface area contributed by atoms with E-state index in [1.807, 2.05) is 18.2 Å². The zero-order valence-electron chi connectivity index (χ0n) is 22.8. The number of hydrogen-bond acceptors (Lipinski definition) is 14. The number of fused-ring (bicyclic) bond motifs is 1. The van der Waals surface area contributed by atoms with Crippen molar-refractivity contribution >= 4 is 67.8 Å². The number of phosphoric acid groups is 3. The number of carbonyl (C=O) groups excluding carboxylic acids is 1. The molecule has 44 heavy (non-hydrogen) atoms. The maximum Gasteiger partial charge on any atom is 0.490 e. The van der Waals surface area contributed by atoms with Crippen LogP contribution in [0.15, 0.2) is 41.9 Å². The molecule has 1 aliphatic rings. The van der Waals surface area contributed by atoms with Crippen molar-refractivity contribution < 1.29 is 55.9 Å². The van der Waals surface area contributed by atoms with Crippen molar-refractivity contribution in [1.82, 2.24) is 24.8 Å². The SMILES string of the molecule is CC1C[C@H](n2cc(CNC(=O)CCSSc3ccccn3)c3c(N)ncnc32)O[C@@H]1COP(=O)(O)OP(=O)(O)OP(=O)(O)O. The standard InChI is InChI=1S/C21H29N6O12P3S2/c1-13-8-18(37-15(13)11-36-41(32,33)39-42(34,35)38-40(29,30)31)27-10-14(19-20(22)25-12-26-21(19)27)9-24-16(28)5-7-43-44-17-4-2-3-6-23-17/h2-4,6,10,12-13,15,18H,5,7-9,11H2,1H3,(H,24,28)(H,32,33)(H,34,35)(H2,22,25,26)(H2,29,30,31)/t13?,15-,18-/m1/s1. The van der Waals surface area contributed by atoms with E-state index in [2.05, 4.69) is 28.9 Å². The second-order valence-electron chi connectivity index (χ2n) is 9.35. The van der Waals surface area contributed by atoms with Crippen LogP contribution in [-0.4, -0.2) is 63.5 Å². The van der Waals surface area contributed by atoms with Gasteiger partial charge in [-0.25, -0.2) is 28.6 Å². The monoisotopic (exact) mass is 714 g/mol. The van der Waals surface area contributed by atoms with Crippen LogP contribution < -0.4 is 11.1 Å². The lowest BCUT2D eigenvalue weighted by atomic mass is 10.0. The summed E-state index contributed by atoms with van der Waals surface area (Å²) in [6.45, 7) is 1.32. The number of rotatable bonds is 15. The van der Waals surface area contributed by atoms with E-state index in [9.17, 15) is 28.3 Å². The second kappa shape index (κ2) is 14.7. The second-order valence-corrected chi connectivity index (χ2v) is 16.2. The Kier molecular flexibility index (Phi) is 11.7. The fourth-order valence-corrected chi connectivity index (χ4v) is 9.07. The third kappa shape index (κ3) is 10.1. The van der Waals surface area contributed by atoms with Crippen LogP contribution in [0, 0.1) is 5.92 Å². The minimum Gasteiger partial charge on any atom is -0.383 e. The first-order valence-electron chi connectivity index (χ1n) is 12.6. The lowest BCUT2D eigenvalue weighted by molar-refractivity contribution is -0.120. The van der Waals surface area contributed by atoms with Gasteiger partial charge in [0.15, 0.2) is 0 Å². The molecule has 4 rings (SSSR count). The first-order chi connectivity index (χ1) is 20.6. The van der Waals surface area contributed by atoms with Crippen LogP contribution in [0.25, 0.3) is 11.0 Å². The Morgan fingerprint density at radius 1 is 1.16 bits per heavy atom. The molecular weight excluding hydrogens is 685 g/mol. The molecule has 1 saturated heterocycles. The van der Waals surface area contributed by atoms with Gasteiger partial charge in [-0.05, 0) is 35.3 Å². The third-order valence-electron chi connectivity index (χ3n) is 6.06. The summed E-state index contributed by atoms with van der Waals surface area (Å²) in [7, 11) is -13.5. The summed E-state index contributed by atoms with van der Waals surface area (Å²) in [4.78, 5) is 61.6. The van der Waals surface area contributed by atoms with Crippen LogP contribution in [0.2, 0.25) is 0 Å². The average Bonchev–Trinajstić information content (AvgIpc) is 3.48. The highest BCUT2D eigenvalue weighted by Crippen LogP contribution is 2.66. The lowest BCUT2D eigenvalue weighted by Gasteiger charge is -2.20. The molecule has 1 amide bonds. The van der Waals surface area contributed by atoms with E-state index in [4.69, 9.17) is 24.8 Å². The van der Waals surface area contributed by atoms with Crippen LogP contribution in [0.5, 0.6) is 0 Å². The maximum absolute atomic E-state index is 12.5. The number of nitrogens with two attached hydrogens (primary N) is 1. The maximum atomic E-state index is 12.5. The largest absolute Gasteiger partial charge is 0.490 e. The smallest absolute Gasteiger partial charge is 0.383 e. The highest BCUT2D eigenvalue weighted by atomic mass is 33.1. The van der Waals surface area contributed by atoms with Gasteiger partial charge in [0.1, 0.15) is 29.0 Å². The quantitative estimate of drug-likeness (QED) is 0.0750. The van der Waals surface area contributed by atoms with Crippen LogP contribution in [0.1, 0.15) is 31.6 Å². The van der Waals surface area contributed by atoms with Gasteiger partial charge in [0.05, 0.1) is 18.1 Å². The molecule has 7 N–H and O–H groups in total. The Labute approximate surface area is 258 Å². The summed E-state index contributed by atoms with van der Waals surface area (Å²) in [6.07, 6.45) is 3.88. The number of hydrogen-bond donors (Lipinski definition) is 6. The summed E-state index contributed by atoms with van der Waals surface area (Å²) in [5.41, 5.74) is 7.20. The summed E-state index contributed by atoms with van der Waals surface area (Å²) in [6, 6.07) is 5.59. The van der Waals surface area contributed by atoms with E-state index in [0.717, 1.165) is 5.03 Å². The number of pyridine rings is 1. The van der Waals surface area contributed by atoms with E-state index >= 15 is 0 Å². The molecule has 3 aromatic rings. The minimum absolute atomic E-state index is 0.135. The fraction of sp³-hybridized carbons (Fsp3) is 0.429. The molecule has 3 unspecified atom stereocenters. The van der Waals surface area contributed by atoms with Crippen LogP contribution in [0.4, 0.5) is 5.82 Å². The number of carbonyl (C=O) groups is 1. The molecule has 4 heterocycles. The minimum atomic E-state index is -5.64. The Bertz CT molecular complexity index is 1610. The van der Waals surface area contributed by atoms with E-state index in [1.54, 1.807) is 23.9 Å². The molecular formula is C21H29N6O12P3S2. The van der Waals surface area contributed by atoms with Gasteiger partial charge >= 0.3 is 23.5 Å². The molecule has 1 fully saturated rings. The number of aromatic nitrogens is 4. The van der Waals surface area contributed by atoms with E-state index in [0.29, 0.717) is 28.8 Å². The Morgan fingerprint density at radius 2 is 1.93 bits per heavy atom.